The first-order valence-electron chi connectivity index (χ1n) is 8.74. The highest BCUT2D eigenvalue weighted by Gasteiger charge is 2.45. The van der Waals surface area contributed by atoms with E-state index in [4.69, 9.17) is 21.6 Å². The number of amidine groups is 1. The van der Waals surface area contributed by atoms with E-state index in [9.17, 15) is 5.26 Å². The molecule has 142 valence electrons. The van der Waals surface area contributed by atoms with Gasteiger partial charge in [-0.15, -0.1) is 0 Å². The molecule has 0 aliphatic carbocycles. The predicted molar refractivity (Wildman–Crippen MR) is 105 cm³/mol. The first kappa shape index (κ1) is 18.8. The Morgan fingerprint density at radius 1 is 1.44 bits per heavy atom. The Morgan fingerprint density at radius 2 is 2.15 bits per heavy atom. The van der Waals surface area contributed by atoms with Gasteiger partial charge in [-0.3, -0.25) is 0 Å². The number of rotatable bonds is 5. The average Bonchev–Trinajstić information content (AvgIpc) is 2.65. The van der Waals surface area contributed by atoms with E-state index in [2.05, 4.69) is 25.8 Å². The van der Waals surface area contributed by atoms with E-state index in [1.54, 1.807) is 0 Å². The van der Waals surface area contributed by atoms with E-state index in [0.717, 1.165) is 5.56 Å². The maximum absolute atomic E-state index is 9.89. The minimum Gasteiger partial charge on any atom is -0.404 e. The molecule has 0 unspecified atom stereocenters. The lowest BCUT2D eigenvalue weighted by atomic mass is 9.73. The molecule has 0 radical (unpaired) electrons. The van der Waals surface area contributed by atoms with Crippen LogP contribution in [-0.4, -0.2) is 68.4 Å². The van der Waals surface area contributed by atoms with Gasteiger partial charge in [-0.25, -0.2) is 9.98 Å². The summed E-state index contributed by atoms with van der Waals surface area (Å²) in [6.45, 7) is 3.84. The van der Waals surface area contributed by atoms with Crippen LogP contribution in [0.15, 0.2) is 23.3 Å². The molecule has 0 atom stereocenters. The van der Waals surface area contributed by atoms with Crippen LogP contribution in [0.25, 0.3) is 0 Å². The smallest absolute Gasteiger partial charge is 0.165 e. The zero-order valence-electron chi connectivity index (χ0n) is 15.4. The highest BCUT2D eigenvalue weighted by molar-refractivity contribution is 5.96. The molecule has 27 heavy (non-hydrogen) atoms. The van der Waals surface area contributed by atoms with E-state index in [1.807, 2.05) is 13.1 Å². The van der Waals surface area contributed by atoms with Crippen LogP contribution in [0.5, 0.6) is 0 Å². The molecule has 1 aromatic heterocycles. The van der Waals surface area contributed by atoms with Crippen LogP contribution in [0.4, 0.5) is 11.6 Å². The van der Waals surface area contributed by atoms with Crippen LogP contribution in [0.1, 0.15) is 11.1 Å². The summed E-state index contributed by atoms with van der Waals surface area (Å²) in [5.41, 5.74) is 11.9. The van der Waals surface area contributed by atoms with Gasteiger partial charge in [-0.1, -0.05) is 0 Å². The molecule has 5 N–H and O–H groups in total. The van der Waals surface area contributed by atoms with Crippen molar-refractivity contribution in [2.24, 2.45) is 16.5 Å². The second kappa shape index (κ2) is 7.73. The number of aromatic nitrogens is 1. The number of morpholine rings is 1. The largest absolute Gasteiger partial charge is 0.404 e. The number of nitrogens with two attached hydrogens (primary N) is 2. The third-order valence-electron chi connectivity index (χ3n) is 4.82. The standard InChI is InChI=1S/C18H24N8O/c1-25-11-18(10-21,12-25)14-8-16(26-4-6-27-7-5-26)24-17(13(14)9-20)23-15(22)2-3-19/h2-3,8-9,20H,4-7,11-12,19H2,1H3,(H2,22,23,24)/b3-2-,20-9?. The fourth-order valence-electron chi connectivity index (χ4n) is 3.54. The van der Waals surface area contributed by atoms with Crippen LogP contribution in [-0.2, 0) is 10.2 Å². The van der Waals surface area contributed by atoms with Gasteiger partial charge in [0.2, 0.25) is 0 Å². The van der Waals surface area contributed by atoms with Crippen LogP contribution in [0.3, 0.4) is 0 Å². The summed E-state index contributed by atoms with van der Waals surface area (Å²) >= 11 is 0. The molecule has 3 rings (SSSR count). The Labute approximate surface area is 158 Å². The van der Waals surface area contributed by atoms with Crippen molar-refractivity contribution in [3.63, 3.8) is 0 Å². The summed E-state index contributed by atoms with van der Waals surface area (Å²) in [5, 5.41) is 17.8. The number of nitriles is 1. The number of aliphatic imine (C=N–C) groups is 1. The molecule has 2 fully saturated rings. The monoisotopic (exact) mass is 368 g/mol. The van der Waals surface area contributed by atoms with Crippen molar-refractivity contribution in [1.29, 1.82) is 10.7 Å². The Balaban J connectivity index is 2.16. The van der Waals surface area contributed by atoms with Gasteiger partial charge >= 0.3 is 0 Å². The predicted octanol–water partition coefficient (Wildman–Crippen LogP) is 0.0838. The van der Waals surface area contributed by atoms with E-state index < -0.39 is 5.41 Å². The third kappa shape index (κ3) is 3.63. The number of ether oxygens (including phenoxy) is 1. The number of likely N-dealkylation sites (N-methyl/N-ethyl adjacent to an activating group) is 1. The van der Waals surface area contributed by atoms with Crippen molar-refractivity contribution in [1.82, 2.24) is 9.88 Å². The van der Waals surface area contributed by atoms with E-state index in [1.165, 1.54) is 18.5 Å². The first-order valence-corrected chi connectivity index (χ1v) is 8.74. The molecule has 1 aromatic rings. The Kier molecular flexibility index (Phi) is 5.39. The van der Waals surface area contributed by atoms with Gasteiger partial charge in [0.25, 0.3) is 0 Å². The van der Waals surface area contributed by atoms with Gasteiger partial charge in [0.05, 0.1) is 19.3 Å². The maximum Gasteiger partial charge on any atom is 0.165 e. The lowest BCUT2D eigenvalue weighted by Crippen LogP contribution is -2.57. The lowest BCUT2D eigenvalue weighted by Gasteiger charge is -2.44. The zero-order valence-corrected chi connectivity index (χ0v) is 15.4. The molecular weight excluding hydrogens is 344 g/mol. The SMILES string of the molecule is CN1CC(C#N)(c2cc(N3CCOCC3)nc(/N=C(N)\C=C/N)c2C=N)C1. The molecule has 2 aliphatic heterocycles. The van der Waals surface area contributed by atoms with Gasteiger partial charge < -0.3 is 31.4 Å². The molecule has 3 heterocycles. The third-order valence-corrected chi connectivity index (χ3v) is 4.82. The van der Waals surface area contributed by atoms with Gasteiger partial charge in [0.15, 0.2) is 5.82 Å². The van der Waals surface area contributed by atoms with Gasteiger partial charge in [0.1, 0.15) is 17.1 Å². The highest BCUT2D eigenvalue weighted by atomic mass is 16.5. The van der Waals surface area contributed by atoms with Crippen LogP contribution >= 0.6 is 0 Å². The summed E-state index contributed by atoms with van der Waals surface area (Å²) in [7, 11) is 1.97. The van der Waals surface area contributed by atoms with E-state index >= 15 is 0 Å². The maximum atomic E-state index is 9.89. The second-order valence-electron chi connectivity index (χ2n) is 6.77. The van der Waals surface area contributed by atoms with Gasteiger partial charge in [-0.05, 0) is 31.0 Å². The molecular formula is C18H24N8O. The first-order chi connectivity index (χ1) is 13.0. The van der Waals surface area contributed by atoms with Crippen LogP contribution in [0, 0.1) is 16.7 Å². The van der Waals surface area contributed by atoms with Crippen LogP contribution < -0.4 is 16.4 Å². The summed E-state index contributed by atoms with van der Waals surface area (Å²) in [6.07, 6.45) is 3.96. The minimum absolute atomic E-state index is 0.190. The van der Waals surface area contributed by atoms with Crippen molar-refractivity contribution in [2.45, 2.75) is 5.41 Å². The van der Waals surface area contributed by atoms with Crippen molar-refractivity contribution in [3.05, 3.63) is 29.5 Å². The highest BCUT2D eigenvalue weighted by Crippen LogP contribution is 2.39. The van der Waals surface area contributed by atoms with Crippen molar-refractivity contribution in [2.75, 3.05) is 51.3 Å². The summed E-state index contributed by atoms with van der Waals surface area (Å²) in [4.78, 5) is 13.1. The molecule has 0 saturated carbocycles. The van der Waals surface area contributed by atoms with Crippen molar-refractivity contribution >= 4 is 23.7 Å². The van der Waals surface area contributed by atoms with E-state index in [-0.39, 0.29) is 5.84 Å². The summed E-state index contributed by atoms with van der Waals surface area (Å²) in [6, 6.07) is 4.36. The Morgan fingerprint density at radius 3 is 2.70 bits per heavy atom. The molecule has 0 aromatic carbocycles. The molecule has 9 nitrogen and oxygen atoms in total. The molecule has 0 spiro atoms. The normalized spacial score (nSPS) is 20.3. The molecule has 0 amide bonds. The number of nitrogens with zero attached hydrogens (tertiary/aromatic N) is 5. The van der Waals surface area contributed by atoms with Crippen molar-refractivity contribution < 1.29 is 4.74 Å². The molecule has 2 saturated heterocycles. The Hall–Kier alpha value is -2.96. The number of anilines is 1. The minimum atomic E-state index is -0.686. The number of pyridine rings is 1. The average molecular weight is 368 g/mol. The van der Waals surface area contributed by atoms with Crippen molar-refractivity contribution in [3.8, 4) is 6.07 Å². The summed E-state index contributed by atoms with van der Waals surface area (Å²) < 4.78 is 5.42. The second-order valence-corrected chi connectivity index (χ2v) is 6.77. The number of hydrogen-bond acceptors (Lipinski definition) is 8. The van der Waals surface area contributed by atoms with Gasteiger partial charge in [0, 0.05) is 38.0 Å². The number of likely N-dealkylation sites (tertiary alicyclic amines) is 1. The lowest BCUT2D eigenvalue weighted by molar-refractivity contribution is 0.122. The van der Waals surface area contributed by atoms with Crippen LogP contribution in [0.2, 0.25) is 0 Å². The molecule has 2 aliphatic rings. The molecule has 9 heteroatoms. The number of nitrogens with one attached hydrogen (secondary N) is 1. The topological polar surface area (TPSA) is 141 Å². The quantitative estimate of drug-likeness (QED) is 0.494. The zero-order chi connectivity index (χ0) is 19.4. The van der Waals surface area contributed by atoms with E-state index in [0.29, 0.717) is 56.6 Å². The fourth-order valence-corrected chi connectivity index (χ4v) is 3.54. The molecule has 0 bridgehead atoms. The Bertz CT molecular complexity index is 813. The number of hydrogen-bond donors (Lipinski definition) is 3. The van der Waals surface area contributed by atoms with Gasteiger partial charge in [-0.2, -0.15) is 5.26 Å². The fraction of sp³-hybridized carbons (Fsp3) is 0.444. The summed E-state index contributed by atoms with van der Waals surface area (Å²) in [5.74, 6) is 1.23.